The van der Waals surface area contributed by atoms with Crippen LogP contribution in [0.5, 0.6) is 0 Å². The van der Waals surface area contributed by atoms with E-state index in [1.165, 1.54) is 10.1 Å². The van der Waals surface area contributed by atoms with Gasteiger partial charge in [-0.05, 0) is 29.7 Å². The first-order valence-corrected chi connectivity index (χ1v) is 8.92. The van der Waals surface area contributed by atoms with Crippen molar-refractivity contribution in [3.8, 4) is 22.1 Å². The predicted octanol–water partition coefficient (Wildman–Crippen LogP) is 3.64. The average Bonchev–Trinajstić information content (AvgIpc) is 3.27. The van der Waals surface area contributed by atoms with Crippen molar-refractivity contribution in [3.05, 3.63) is 59.9 Å². The van der Waals surface area contributed by atoms with E-state index in [1.54, 1.807) is 17.5 Å². The van der Waals surface area contributed by atoms with Gasteiger partial charge in [0.05, 0.1) is 21.8 Å². The summed E-state index contributed by atoms with van der Waals surface area (Å²) in [7, 11) is 0. The van der Waals surface area contributed by atoms with Crippen molar-refractivity contribution in [2.45, 2.75) is 6.42 Å². The predicted molar refractivity (Wildman–Crippen MR) is 98.7 cm³/mol. The number of aromatic amines is 1. The maximum absolute atomic E-state index is 12.0. The van der Waals surface area contributed by atoms with Crippen LogP contribution in [0.15, 0.2) is 48.7 Å². The Morgan fingerprint density at radius 3 is 2.92 bits per heavy atom. The second-order valence-corrected chi connectivity index (χ2v) is 7.08. The number of carbonyl (C=O) groups is 1. The Balaban J connectivity index is 1.58. The Bertz CT molecular complexity index is 1080. The lowest BCUT2D eigenvalue weighted by Gasteiger charge is -2.10. The summed E-state index contributed by atoms with van der Waals surface area (Å²) in [6, 6.07) is 14.1. The van der Waals surface area contributed by atoms with Crippen LogP contribution in [0, 0.1) is 0 Å². The van der Waals surface area contributed by atoms with E-state index in [1.807, 2.05) is 24.3 Å². The summed E-state index contributed by atoms with van der Waals surface area (Å²) in [6.07, 6.45) is 2.58. The molecule has 1 amide bonds. The van der Waals surface area contributed by atoms with E-state index in [4.69, 9.17) is 4.98 Å². The molecule has 0 saturated heterocycles. The zero-order valence-corrected chi connectivity index (χ0v) is 14.1. The van der Waals surface area contributed by atoms with Crippen LogP contribution in [-0.2, 0) is 6.42 Å². The van der Waals surface area contributed by atoms with Crippen molar-refractivity contribution in [3.63, 3.8) is 0 Å². The molecular formula is C19H14N4OS. The number of amides is 1. The number of hydrogen-bond donors (Lipinski definition) is 2. The molecule has 0 saturated carbocycles. The summed E-state index contributed by atoms with van der Waals surface area (Å²) in [4.78, 5) is 25.5. The standard InChI is InChI=1S/C19H14N4OS/c24-19-12-10-15(22-13(12)5-8-21-19)14-6-7-20-18(23-14)17-9-11-3-1-2-4-16(11)25-17/h1-4,6-7,9-10,22H,5,8H2,(H,21,24). The molecule has 3 aromatic heterocycles. The number of hydrogen-bond acceptors (Lipinski definition) is 4. The van der Waals surface area contributed by atoms with Crippen LogP contribution in [0.2, 0.25) is 0 Å². The highest BCUT2D eigenvalue weighted by Gasteiger charge is 2.20. The topological polar surface area (TPSA) is 70.7 Å². The van der Waals surface area contributed by atoms with Crippen molar-refractivity contribution in [2.75, 3.05) is 6.54 Å². The molecule has 0 unspecified atom stereocenters. The van der Waals surface area contributed by atoms with Crippen LogP contribution >= 0.6 is 11.3 Å². The molecule has 25 heavy (non-hydrogen) atoms. The molecule has 1 aromatic carbocycles. The Labute approximate surface area is 147 Å². The minimum atomic E-state index is -0.0254. The van der Waals surface area contributed by atoms with Crippen LogP contribution < -0.4 is 5.32 Å². The number of benzene rings is 1. The van der Waals surface area contributed by atoms with E-state index in [0.29, 0.717) is 17.9 Å². The number of nitrogens with one attached hydrogen (secondary N) is 2. The van der Waals surface area contributed by atoms with Gasteiger partial charge in [-0.1, -0.05) is 18.2 Å². The van der Waals surface area contributed by atoms with Gasteiger partial charge in [-0.3, -0.25) is 4.79 Å². The lowest BCUT2D eigenvalue weighted by Crippen LogP contribution is -2.31. The molecular weight excluding hydrogens is 332 g/mol. The zero-order valence-electron chi connectivity index (χ0n) is 13.2. The van der Waals surface area contributed by atoms with Crippen molar-refractivity contribution in [2.24, 2.45) is 0 Å². The second kappa shape index (κ2) is 5.53. The normalized spacial score (nSPS) is 13.7. The summed E-state index contributed by atoms with van der Waals surface area (Å²) in [6.45, 7) is 0.669. The fourth-order valence-corrected chi connectivity index (χ4v) is 4.15. The van der Waals surface area contributed by atoms with Gasteiger partial charge in [0.1, 0.15) is 0 Å². The molecule has 0 aliphatic carbocycles. The van der Waals surface area contributed by atoms with Gasteiger partial charge in [0.2, 0.25) is 0 Å². The number of H-pyrrole nitrogens is 1. The molecule has 0 bridgehead atoms. The summed E-state index contributed by atoms with van der Waals surface area (Å²) >= 11 is 1.68. The van der Waals surface area contributed by atoms with Crippen LogP contribution in [0.4, 0.5) is 0 Å². The maximum Gasteiger partial charge on any atom is 0.253 e. The maximum atomic E-state index is 12.0. The Hall–Kier alpha value is -2.99. The summed E-state index contributed by atoms with van der Waals surface area (Å²) in [5.74, 6) is 0.679. The molecule has 5 rings (SSSR count). The first-order chi connectivity index (χ1) is 12.3. The molecule has 0 spiro atoms. The fourth-order valence-electron chi connectivity index (χ4n) is 3.15. The highest BCUT2D eigenvalue weighted by atomic mass is 32.1. The molecule has 2 N–H and O–H groups in total. The largest absolute Gasteiger partial charge is 0.356 e. The number of carbonyl (C=O) groups excluding carboxylic acids is 1. The van der Waals surface area contributed by atoms with E-state index in [9.17, 15) is 4.79 Å². The van der Waals surface area contributed by atoms with Gasteiger partial charge in [0.15, 0.2) is 5.82 Å². The Morgan fingerprint density at radius 2 is 2.04 bits per heavy atom. The Kier molecular flexibility index (Phi) is 3.18. The van der Waals surface area contributed by atoms with Gasteiger partial charge >= 0.3 is 0 Å². The minimum absolute atomic E-state index is 0.0254. The highest BCUT2D eigenvalue weighted by Crippen LogP contribution is 2.32. The van der Waals surface area contributed by atoms with Crippen LogP contribution in [0.25, 0.3) is 32.2 Å². The summed E-state index contributed by atoms with van der Waals surface area (Å²) in [5.41, 5.74) is 3.33. The second-order valence-electron chi connectivity index (χ2n) is 6.00. The first-order valence-electron chi connectivity index (χ1n) is 8.10. The monoisotopic (exact) mass is 346 g/mol. The van der Waals surface area contributed by atoms with Crippen LogP contribution in [-0.4, -0.2) is 27.4 Å². The third kappa shape index (κ3) is 2.42. The van der Waals surface area contributed by atoms with E-state index in [2.05, 4.69) is 33.5 Å². The van der Waals surface area contributed by atoms with Gasteiger partial charge in [0.25, 0.3) is 5.91 Å². The molecule has 0 atom stereocenters. The van der Waals surface area contributed by atoms with Crippen molar-refractivity contribution in [1.82, 2.24) is 20.3 Å². The van der Waals surface area contributed by atoms with Gasteiger partial charge < -0.3 is 10.3 Å². The van der Waals surface area contributed by atoms with E-state index >= 15 is 0 Å². The number of thiophene rings is 1. The van der Waals surface area contributed by atoms with Gasteiger partial charge in [0, 0.05) is 29.6 Å². The molecule has 4 aromatic rings. The number of aromatic nitrogens is 3. The van der Waals surface area contributed by atoms with E-state index in [0.717, 1.165) is 28.4 Å². The molecule has 1 aliphatic rings. The smallest absolute Gasteiger partial charge is 0.253 e. The number of fused-ring (bicyclic) bond motifs is 2. The molecule has 0 fully saturated rings. The lowest BCUT2D eigenvalue weighted by molar-refractivity contribution is 0.0946. The van der Waals surface area contributed by atoms with E-state index < -0.39 is 0 Å². The minimum Gasteiger partial charge on any atom is -0.356 e. The third-order valence-corrected chi connectivity index (χ3v) is 5.49. The van der Waals surface area contributed by atoms with Crippen molar-refractivity contribution < 1.29 is 4.79 Å². The Morgan fingerprint density at radius 1 is 1.12 bits per heavy atom. The van der Waals surface area contributed by atoms with Crippen molar-refractivity contribution >= 4 is 27.3 Å². The summed E-state index contributed by atoms with van der Waals surface area (Å²) < 4.78 is 1.22. The quantitative estimate of drug-likeness (QED) is 0.582. The average molecular weight is 346 g/mol. The van der Waals surface area contributed by atoms with Crippen LogP contribution in [0.1, 0.15) is 16.1 Å². The van der Waals surface area contributed by atoms with Crippen LogP contribution in [0.3, 0.4) is 0 Å². The van der Waals surface area contributed by atoms with Crippen molar-refractivity contribution in [1.29, 1.82) is 0 Å². The van der Waals surface area contributed by atoms with E-state index in [-0.39, 0.29) is 5.91 Å². The molecule has 1 aliphatic heterocycles. The molecule has 122 valence electrons. The molecule has 4 heterocycles. The summed E-state index contributed by atoms with van der Waals surface area (Å²) in [5, 5.41) is 4.06. The fraction of sp³-hybridized carbons (Fsp3) is 0.105. The molecule has 5 nitrogen and oxygen atoms in total. The zero-order chi connectivity index (χ0) is 16.8. The first kappa shape index (κ1) is 14.4. The highest BCUT2D eigenvalue weighted by molar-refractivity contribution is 7.22. The third-order valence-electron chi connectivity index (χ3n) is 4.38. The van der Waals surface area contributed by atoms with Gasteiger partial charge in [-0.15, -0.1) is 11.3 Å². The van der Waals surface area contributed by atoms with Gasteiger partial charge in [-0.2, -0.15) is 0 Å². The number of nitrogens with zero attached hydrogens (tertiary/aromatic N) is 2. The molecule has 6 heteroatoms. The van der Waals surface area contributed by atoms with Gasteiger partial charge in [-0.25, -0.2) is 9.97 Å². The SMILES string of the molecule is O=C1NCCc2[nH]c(-c3ccnc(-c4cc5ccccc5s4)n3)cc21. The number of rotatable bonds is 2. The molecule has 0 radical (unpaired) electrons. The lowest BCUT2D eigenvalue weighted by atomic mass is 10.1.